The first-order valence-electron chi connectivity index (χ1n) is 8.98. The van der Waals surface area contributed by atoms with Crippen LogP contribution in [-0.2, 0) is 20.7 Å². The van der Waals surface area contributed by atoms with Crippen molar-refractivity contribution in [1.82, 2.24) is 4.90 Å². The summed E-state index contributed by atoms with van der Waals surface area (Å²) in [5.41, 5.74) is 1.84. The van der Waals surface area contributed by atoms with Gasteiger partial charge in [0.05, 0.1) is 11.6 Å². The number of benzene rings is 1. The van der Waals surface area contributed by atoms with E-state index in [1.54, 1.807) is 24.1 Å². The lowest BCUT2D eigenvalue weighted by Gasteiger charge is -2.23. The molecular weight excluding hydrogens is 362 g/mol. The van der Waals surface area contributed by atoms with Crippen molar-refractivity contribution in [2.75, 3.05) is 20.3 Å². The fraction of sp³-hybridized carbons (Fsp3) is 0.333. The number of ether oxygens (including phenoxy) is 1. The molecule has 6 heteroatoms. The number of carbonyl (C=O) groups excluding carboxylic acids is 2. The minimum absolute atomic E-state index is 0.122. The number of rotatable bonds is 7. The van der Waals surface area contributed by atoms with Crippen LogP contribution in [0.5, 0.6) is 0 Å². The fourth-order valence-corrected chi connectivity index (χ4v) is 4.13. The molecule has 0 radical (unpaired) electrons. The predicted molar refractivity (Wildman–Crippen MR) is 106 cm³/mol. The van der Waals surface area contributed by atoms with Gasteiger partial charge in [0.25, 0.3) is 11.7 Å². The summed E-state index contributed by atoms with van der Waals surface area (Å²) in [6, 6.07) is 10.6. The lowest BCUT2D eigenvalue weighted by molar-refractivity contribution is -0.140. The molecule has 1 atom stereocenters. The minimum atomic E-state index is -0.636. The number of carbonyl (C=O) groups is 2. The molecule has 0 bridgehead atoms. The van der Waals surface area contributed by atoms with Crippen molar-refractivity contribution in [3.8, 4) is 0 Å². The largest absolute Gasteiger partial charge is 0.507 e. The number of likely N-dealkylation sites (tertiary alicyclic amines) is 1. The number of thiophene rings is 1. The van der Waals surface area contributed by atoms with E-state index in [4.69, 9.17) is 4.74 Å². The van der Waals surface area contributed by atoms with Crippen LogP contribution < -0.4 is 0 Å². The Balaban J connectivity index is 2.04. The maximum Gasteiger partial charge on any atom is 0.295 e. The van der Waals surface area contributed by atoms with E-state index in [9.17, 15) is 14.7 Å². The van der Waals surface area contributed by atoms with Crippen LogP contribution in [0.25, 0.3) is 5.76 Å². The van der Waals surface area contributed by atoms with Crippen molar-refractivity contribution in [1.29, 1.82) is 0 Å². The molecule has 2 aromatic rings. The Morgan fingerprint density at radius 1 is 1.22 bits per heavy atom. The van der Waals surface area contributed by atoms with Crippen LogP contribution in [0.1, 0.15) is 35.4 Å². The number of aryl methyl sites for hydroxylation is 1. The van der Waals surface area contributed by atoms with Crippen molar-refractivity contribution in [3.05, 3.63) is 63.4 Å². The molecule has 1 N–H and O–H groups in total. The first kappa shape index (κ1) is 19.3. The highest BCUT2D eigenvalue weighted by atomic mass is 32.1. The molecule has 1 aromatic carbocycles. The quantitative estimate of drug-likeness (QED) is 0.341. The summed E-state index contributed by atoms with van der Waals surface area (Å²) < 4.78 is 5.07. The molecule has 5 nitrogen and oxygen atoms in total. The van der Waals surface area contributed by atoms with E-state index in [0.29, 0.717) is 25.1 Å². The van der Waals surface area contributed by atoms with Gasteiger partial charge in [-0.2, -0.15) is 0 Å². The smallest absolute Gasteiger partial charge is 0.295 e. The molecule has 1 amide bonds. The van der Waals surface area contributed by atoms with Crippen molar-refractivity contribution in [2.24, 2.45) is 0 Å². The second kappa shape index (κ2) is 8.50. The number of methoxy groups -OCH3 is 1. The summed E-state index contributed by atoms with van der Waals surface area (Å²) in [7, 11) is 1.60. The summed E-state index contributed by atoms with van der Waals surface area (Å²) in [5, 5.41) is 12.8. The normalized spacial score (nSPS) is 19.0. The highest BCUT2D eigenvalue weighted by Crippen LogP contribution is 2.41. The Labute approximate surface area is 162 Å². The molecule has 0 spiro atoms. The van der Waals surface area contributed by atoms with Crippen molar-refractivity contribution in [3.63, 3.8) is 0 Å². The Hall–Kier alpha value is -2.44. The van der Waals surface area contributed by atoms with Gasteiger partial charge in [0.1, 0.15) is 5.76 Å². The van der Waals surface area contributed by atoms with Gasteiger partial charge in [-0.3, -0.25) is 9.59 Å². The third-order valence-corrected chi connectivity index (χ3v) is 5.66. The molecule has 1 aliphatic heterocycles. The van der Waals surface area contributed by atoms with E-state index in [1.807, 2.05) is 29.6 Å². The van der Waals surface area contributed by atoms with Crippen LogP contribution in [0.3, 0.4) is 0 Å². The fourth-order valence-electron chi connectivity index (χ4n) is 3.29. The van der Waals surface area contributed by atoms with Crippen molar-refractivity contribution >= 4 is 28.8 Å². The predicted octanol–water partition coefficient (Wildman–Crippen LogP) is 3.77. The number of hydrogen-bond acceptors (Lipinski definition) is 5. The molecular formula is C21H23NO4S. The van der Waals surface area contributed by atoms with Crippen LogP contribution in [-0.4, -0.2) is 42.0 Å². The monoisotopic (exact) mass is 385 g/mol. The number of amides is 1. The van der Waals surface area contributed by atoms with Crippen LogP contribution >= 0.6 is 11.3 Å². The van der Waals surface area contributed by atoms with Gasteiger partial charge < -0.3 is 14.7 Å². The lowest BCUT2D eigenvalue weighted by Crippen LogP contribution is -2.31. The zero-order valence-electron chi connectivity index (χ0n) is 15.5. The molecule has 1 aliphatic rings. The Morgan fingerprint density at radius 2 is 1.96 bits per heavy atom. The molecule has 1 saturated heterocycles. The third-order valence-electron chi connectivity index (χ3n) is 4.74. The minimum Gasteiger partial charge on any atom is -0.507 e. The summed E-state index contributed by atoms with van der Waals surface area (Å²) >= 11 is 1.47. The Morgan fingerprint density at radius 3 is 2.56 bits per heavy atom. The van der Waals surface area contributed by atoms with Gasteiger partial charge >= 0.3 is 0 Å². The SMILES string of the molecule is CCc1ccc(/C(O)=C2/C(=O)C(=O)N(CCCOC)C2c2cccs2)cc1. The molecule has 0 saturated carbocycles. The van der Waals surface area contributed by atoms with E-state index < -0.39 is 17.7 Å². The second-order valence-corrected chi connectivity index (χ2v) is 7.38. The third kappa shape index (κ3) is 3.82. The number of ketones is 1. The van der Waals surface area contributed by atoms with Gasteiger partial charge in [-0.25, -0.2) is 0 Å². The summed E-state index contributed by atoms with van der Waals surface area (Å²) in [5.74, 6) is -1.33. The molecule has 2 heterocycles. The molecule has 0 aliphatic carbocycles. The molecule has 1 unspecified atom stereocenters. The number of aliphatic hydroxyl groups is 1. The molecule has 27 heavy (non-hydrogen) atoms. The van der Waals surface area contributed by atoms with Crippen LogP contribution in [0, 0.1) is 0 Å². The number of nitrogens with zero attached hydrogens (tertiary/aromatic N) is 1. The first-order chi connectivity index (χ1) is 13.1. The molecule has 3 rings (SSSR count). The topological polar surface area (TPSA) is 66.8 Å². The summed E-state index contributed by atoms with van der Waals surface area (Å²) in [4.78, 5) is 27.8. The zero-order valence-corrected chi connectivity index (χ0v) is 16.3. The van der Waals surface area contributed by atoms with Gasteiger partial charge in [-0.15, -0.1) is 11.3 Å². The number of Topliss-reactive ketones (excluding diaryl/α,β-unsaturated/α-hetero) is 1. The maximum atomic E-state index is 12.8. The van der Waals surface area contributed by atoms with E-state index in [1.165, 1.54) is 11.3 Å². The molecule has 1 aromatic heterocycles. The van der Waals surface area contributed by atoms with Gasteiger partial charge in [-0.05, 0) is 29.9 Å². The maximum absolute atomic E-state index is 12.8. The van der Waals surface area contributed by atoms with E-state index in [0.717, 1.165) is 16.9 Å². The van der Waals surface area contributed by atoms with Gasteiger partial charge in [-0.1, -0.05) is 37.3 Å². The zero-order chi connectivity index (χ0) is 19.4. The van der Waals surface area contributed by atoms with Crippen molar-refractivity contribution < 1.29 is 19.4 Å². The van der Waals surface area contributed by atoms with Crippen LogP contribution in [0.15, 0.2) is 47.4 Å². The standard InChI is InChI=1S/C21H23NO4S/c1-3-14-7-9-15(10-8-14)19(23)17-18(16-6-4-13-27-16)22(11-5-12-26-2)21(25)20(17)24/h4,6-10,13,18,23H,3,5,11-12H2,1-2H3/b19-17-. The van der Waals surface area contributed by atoms with E-state index >= 15 is 0 Å². The number of aliphatic hydroxyl groups excluding tert-OH is 1. The lowest BCUT2D eigenvalue weighted by atomic mass is 9.99. The van der Waals surface area contributed by atoms with Gasteiger partial charge in [0, 0.05) is 30.7 Å². The highest BCUT2D eigenvalue weighted by molar-refractivity contribution is 7.10. The van der Waals surface area contributed by atoms with Crippen LogP contribution in [0.4, 0.5) is 0 Å². The number of hydrogen-bond donors (Lipinski definition) is 1. The van der Waals surface area contributed by atoms with E-state index in [2.05, 4.69) is 6.92 Å². The molecule has 1 fully saturated rings. The van der Waals surface area contributed by atoms with Gasteiger partial charge in [0.2, 0.25) is 0 Å². The Kier molecular flexibility index (Phi) is 6.08. The summed E-state index contributed by atoms with van der Waals surface area (Å²) in [6.07, 6.45) is 1.51. The molecule has 142 valence electrons. The second-order valence-electron chi connectivity index (χ2n) is 6.40. The van der Waals surface area contributed by atoms with Gasteiger partial charge in [0.15, 0.2) is 0 Å². The van der Waals surface area contributed by atoms with E-state index in [-0.39, 0.29) is 11.3 Å². The van der Waals surface area contributed by atoms with Crippen molar-refractivity contribution in [2.45, 2.75) is 25.8 Å². The van der Waals surface area contributed by atoms with Crippen LogP contribution in [0.2, 0.25) is 0 Å². The summed E-state index contributed by atoms with van der Waals surface area (Å²) in [6.45, 7) is 2.95. The average molecular weight is 385 g/mol. The Bertz CT molecular complexity index is 840. The average Bonchev–Trinajstić information content (AvgIpc) is 3.30. The first-order valence-corrected chi connectivity index (χ1v) is 9.86. The highest BCUT2D eigenvalue weighted by Gasteiger charge is 2.46.